The summed E-state index contributed by atoms with van der Waals surface area (Å²) in [7, 11) is 0. The van der Waals surface area contributed by atoms with Crippen molar-refractivity contribution >= 4 is 46.4 Å². The summed E-state index contributed by atoms with van der Waals surface area (Å²) in [4.78, 5) is -1.13. The van der Waals surface area contributed by atoms with E-state index in [9.17, 15) is 0 Å². The maximum absolute atomic E-state index is 7.36. The average molecular weight is 504 g/mol. The van der Waals surface area contributed by atoms with E-state index < -0.39 is 9.75 Å². The van der Waals surface area contributed by atoms with Gasteiger partial charge in [-0.05, 0) is 49.1 Å². The van der Waals surface area contributed by atoms with Crippen molar-refractivity contribution in [1.82, 2.24) is 9.78 Å². The van der Waals surface area contributed by atoms with Crippen molar-refractivity contribution < 1.29 is 0 Å². The summed E-state index contributed by atoms with van der Waals surface area (Å²) in [5.74, 6) is 0.999. The lowest BCUT2D eigenvalue weighted by molar-refractivity contribution is 0.109. The van der Waals surface area contributed by atoms with Crippen molar-refractivity contribution in [1.29, 1.82) is 0 Å². The third-order valence-electron chi connectivity index (χ3n) is 8.60. The Morgan fingerprint density at radius 2 is 1.34 bits per heavy atom. The van der Waals surface area contributed by atoms with Gasteiger partial charge in [0, 0.05) is 17.0 Å². The van der Waals surface area contributed by atoms with Gasteiger partial charge in [-0.25, -0.2) is 4.68 Å². The molecule has 3 fully saturated rings. The normalized spacial score (nSPS) is 41.0. The Balaban J connectivity index is 1.50. The largest absolute Gasteiger partial charge is 0.237 e. The summed E-state index contributed by atoms with van der Waals surface area (Å²) in [5.41, 5.74) is 5.95. The number of benzene rings is 2. The van der Waals surface area contributed by atoms with Gasteiger partial charge < -0.3 is 0 Å². The minimum absolute atomic E-state index is 0.216. The van der Waals surface area contributed by atoms with E-state index >= 15 is 0 Å². The van der Waals surface area contributed by atoms with Crippen LogP contribution in [0, 0.1) is 11.8 Å². The summed E-state index contributed by atoms with van der Waals surface area (Å²) in [6.07, 6.45) is 2.86. The molecule has 164 valence electrons. The van der Waals surface area contributed by atoms with Crippen molar-refractivity contribution in [2.24, 2.45) is 11.8 Å². The molecule has 5 aliphatic rings. The number of fused-ring (bicyclic) bond motifs is 3. The summed E-state index contributed by atoms with van der Waals surface area (Å²) in [6, 6.07) is 20.9. The zero-order valence-corrected chi connectivity index (χ0v) is 20.3. The molecular formula is C26H22Cl4N2. The molecule has 1 heterocycles. The molecule has 3 aromatic rings. The Labute approximate surface area is 207 Å². The molecule has 8 atom stereocenters. The van der Waals surface area contributed by atoms with Crippen LogP contribution in [0.1, 0.15) is 42.4 Å². The summed E-state index contributed by atoms with van der Waals surface area (Å²) in [6.45, 7) is 0. The van der Waals surface area contributed by atoms with Crippen LogP contribution in [0.2, 0.25) is 0 Å². The molecule has 0 radical (unpaired) electrons. The molecule has 0 unspecified atom stereocenters. The van der Waals surface area contributed by atoms with Crippen LogP contribution < -0.4 is 0 Å². The van der Waals surface area contributed by atoms with Crippen LogP contribution in [-0.4, -0.2) is 30.3 Å². The van der Waals surface area contributed by atoms with Crippen molar-refractivity contribution in [2.75, 3.05) is 0 Å². The molecule has 2 aromatic carbocycles. The molecule has 2 nitrogen and oxygen atoms in total. The fraction of sp³-hybridized carbons (Fsp3) is 0.423. The van der Waals surface area contributed by atoms with E-state index in [1.807, 2.05) is 12.1 Å². The third kappa shape index (κ3) is 2.33. The molecule has 5 aliphatic carbocycles. The van der Waals surface area contributed by atoms with E-state index in [1.165, 1.54) is 11.3 Å². The van der Waals surface area contributed by atoms with E-state index in [0.717, 1.165) is 29.8 Å². The fourth-order valence-corrected chi connectivity index (χ4v) is 9.92. The van der Waals surface area contributed by atoms with Crippen LogP contribution in [0.3, 0.4) is 0 Å². The lowest BCUT2D eigenvalue weighted by Gasteiger charge is -2.56. The molecule has 1 aromatic heterocycles. The average Bonchev–Trinajstić information content (AvgIpc) is 3.42. The second-order valence-corrected chi connectivity index (χ2v) is 12.3. The molecule has 6 heteroatoms. The van der Waals surface area contributed by atoms with E-state index in [2.05, 4.69) is 53.2 Å². The minimum atomic E-state index is -0.569. The predicted octanol–water partition coefficient (Wildman–Crippen LogP) is 7.33. The highest BCUT2D eigenvalue weighted by Gasteiger charge is 2.77. The van der Waals surface area contributed by atoms with Crippen LogP contribution >= 0.6 is 46.4 Å². The third-order valence-corrected chi connectivity index (χ3v) is 11.5. The highest BCUT2D eigenvalue weighted by Crippen LogP contribution is 2.76. The molecule has 3 saturated carbocycles. The van der Waals surface area contributed by atoms with Gasteiger partial charge in [-0.1, -0.05) is 48.5 Å². The topological polar surface area (TPSA) is 17.8 Å². The van der Waals surface area contributed by atoms with Crippen LogP contribution in [-0.2, 0) is 0 Å². The van der Waals surface area contributed by atoms with Crippen molar-refractivity contribution in [3.63, 3.8) is 0 Å². The zero-order chi connectivity index (χ0) is 21.8. The number of aromatic nitrogens is 2. The quantitative estimate of drug-likeness (QED) is 0.334. The molecule has 0 spiro atoms. The molecule has 0 amide bonds. The van der Waals surface area contributed by atoms with Gasteiger partial charge in [-0.3, -0.25) is 0 Å². The van der Waals surface area contributed by atoms with E-state index in [-0.39, 0.29) is 34.4 Å². The van der Waals surface area contributed by atoms with Crippen molar-refractivity contribution in [3.05, 3.63) is 71.9 Å². The van der Waals surface area contributed by atoms with Gasteiger partial charge >= 0.3 is 0 Å². The zero-order valence-electron chi connectivity index (χ0n) is 17.3. The molecule has 32 heavy (non-hydrogen) atoms. The Morgan fingerprint density at radius 3 is 2.00 bits per heavy atom. The smallest absolute Gasteiger partial charge is 0.0965 e. The Morgan fingerprint density at radius 1 is 0.781 bits per heavy atom. The number of halogens is 4. The van der Waals surface area contributed by atoms with Gasteiger partial charge in [0.25, 0.3) is 0 Å². The van der Waals surface area contributed by atoms with Crippen LogP contribution in [0.4, 0.5) is 0 Å². The fourth-order valence-electron chi connectivity index (χ4n) is 7.56. The first kappa shape index (κ1) is 20.2. The Kier molecular flexibility index (Phi) is 4.23. The molecule has 8 rings (SSSR count). The highest BCUT2D eigenvalue weighted by atomic mass is 35.5. The summed E-state index contributed by atoms with van der Waals surface area (Å²) >= 11 is 28.4. The van der Waals surface area contributed by atoms with Gasteiger partial charge in [-0.2, -0.15) is 5.10 Å². The number of hydrogen-bond donors (Lipinski definition) is 0. The first-order valence-corrected chi connectivity index (χ1v) is 13.0. The highest BCUT2D eigenvalue weighted by molar-refractivity contribution is 6.43. The van der Waals surface area contributed by atoms with E-state index in [4.69, 9.17) is 51.5 Å². The number of rotatable bonds is 2. The molecule has 0 aliphatic heterocycles. The van der Waals surface area contributed by atoms with Crippen molar-refractivity contribution in [2.45, 2.75) is 51.6 Å². The van der Waals surface area contributed by atoms with E-state index in [1.54, 1.807) is 0 Å². The number of hydrogen-bond acceptors (Lipinski definition) is 1. The van der Waals surface area contributed by atoms with Gasteiger partial charge in [0.1, 0.15) is 0 Å². The van der Waals surface area contributed by atoms with Crippen LogP contribution in [0.15, 0.2) is 60.7 Å². The summed E-state index contributed by atoms with van der Waals surface area (Å²) in [5, 5.41) is 4.57. The van der Waals surface area contributed by atoms with Gasteiger partial charge in [-0.15, -0.1) is 46.4 Å². The lowest BCUT2D eigenvalue weighted by Crippen LogP contribution is -2.57. The SMILES string of the molecule is Cl[C@@H]1[C@H](Cl)[C@]2(Cl)C[C@@]1(Cl)[C@H]1[C@@H]2[C@@H]2CC[C@H]1c1c2c(-c2ccccc2)nn1-c1ccccc1. The molecule has 0 N–H and O–H groups in total. The standard InChI is InChI=1S/C26H22Cl4N2/c27-23-24(28)26(30)13-25(23,29)19-16-11-12-17(20(19)26)22-18(16)21(14-7-3-1-4-8-14)31-32(22)15-9-5-2-6-10-15/h1-10,16-17,19-20,23-24H,11-13H2/t16-,17-,19+,20-,23+,24-,25+,26-/m1/s1. The Bertz CT molecular complexity index is 1120. The molecule has 4 bridgehead atoms. The number of alkyl halides is 4. The second-order valence-electron chi connectivity index (χ2n) is 9.94. The van der Waals surface area contributed by atoms with Crippen molar-refractivity contribution in [3.8, 4) is 16.9 Å². The maximum Gasteiger partial charge on any atom is 0.0965 e. The van der Waals surface area contributed by atoms with Gasteiger partial charge in [0.15, 0.2) is 0 Å². The summed E-state index contributed by atoms with van der Waals surface area (Å²) < 4.78 is 2.17. The maximum atomic E-state index is 7.36. The number of para-hydroxylation sites is 1. The number of nitrogens with zero attached hydrogens (tertiary/aromatic N) is 2. The minimum Gasteiger partial charge on any atom is -0.237 e. The van der Waals surface area contributed by atoms with Gasteiger partial charge in [0.2, 0.25) is 0 Å². The molecule has 0 saturated heterocycles. The van der Waals surface area contributed by atoms with Crippen LogP contribution in [0.5, 0.6) is 0 Å². The predicted molar refractivity (Wildman–Crippen MR) is 132 cm³/mol. The lowest BCUT2D eigenvalue weighted by atomic mass is 9.53. The van der Waals surface area contributed by atoms with Gasteiger partial charge in [0.05, 0.1) is 37.6 Å². The molecular weight excluding hydrogens is 482 g/mol. The first-order chi connectivity index (χ1) is 15.4. The first-order valence-electron chi connectivity index (χ1n) is 11.3. The second kappa shape index (κ2) is 6.69. The monoisotopic (exact) mass is 502 g/mol. The van der Waals surface area contributed by atoms with Crippen LogP contribution in [0.25, 0.3) is 16.9 Å². The van der Waals surface area contributed by atoms with E-state index in [0.29, 0.717) is 6.42 Å². The Hall–Kier alpha value is -1.19.